The fourth-order valence-corrected chi connectivity index (χ4v) is 2.29. The molecule has 0 aliphatic carbocycles. The first-order valence-corrected chi connectivity index (χ1v) is 6.41. The molecule has 2 N–H and O–H groups in total. The Labute approximate surface area is 109 Å². The molecule has 0 bridgehead atoms. The van der Waals surface area contributed by atoms with E-state index in [1.807, 2.05) is 39.8 Å². The molecule has 0 aliphatic heterocycles. The lowest BCUT2D eigenvalue weighted by Gasteiger charge is -2.25. The average Bonchev–Trinajstić information content (AvgIpc) is 2.31. The van der Waals surface area contributed by atoms with Gasteiger partial charge in [0, 0.05) is 5.92 Å². The van der Waals surface area contributed by atoms with Gasteiger partial charge in [0.1, 0.15) is 11.9 Å². The molecule has 0 radical (unpaired) electrons. The Morgan fingerprint density at radius 2 is 1.83 bits per heavy atom. The summed E-state index contributed by atoms with van der Waals surface area (Å²) in [5.74, 6) is 0.889. The smallest absolute Gasteiger partial charge is 0.130 e. The van der Waals surface area contributed by atoms with Gasteiger partial charge < -0.3 is 10.5 Å². The summed E-state index contributed by atoms with van der Waals surface area (Å²) in [4.78, 5) is 0. The van der Waals surface area contributed by atoms with Crippen LogP contribution in [0.15, 0.2) is 12.1 Å². The SMILES string of the molecule is COc1cc(C)c(C(F)C(CN)C(C)C)cc1C. The molecule has 1 rings (SSSR count). The van der Waals surface area contributed by atoms with E-state index in [2.05, 4.69) is 0 Å². The maximum atomic E-state index is 14.6. The van der Waals surface area contributed by atoms with Crippen molar-refractivity contribution >= 4 is 0 Å². The normalized spacial score (nSPS) is 14.7. The molecule has 2 nitrogen and oxygen atoms in total. The van der Waals surface area contributed by atoms with Crippen LogP contribution in [0.2, 0.25) is 0 Å². The molecule has 3 heteroatoms. The topological polar surface area (TPSA) is 35.2 Å². The third kappa shape index (κ3) is 3.02. The highest BCUT2D eigenvalue weighted by atomic mass is 19.1. The Hall–Kier alpha value is -1.09. The number of benzene rings is 1. The van der Waals surface area contributed by atoms with Gasteiger partial charge in [-0.2, -0.15) is 0 Å². The number of hydrogen-bond donors (Lipinski definition) is 1. The molecule has 2 unspecified atom stereocenters. The van der Waals surface area contributed by atoms with E-state index in [-0.39, 0.29) is 11.8 Å². The van der Waals surface area contributed by atoms with Crippen LogP contribution in [0.3, 0.4) is 0 Å². The van der Waals surface area contributed by atoms with Crippen molar-refractivity contribution in [1.29, 1.82) is 0 Å². The Morgan fingerprint density at radius 3 is 2.28 bits per heavy atom. The summed E-state index contributed by atoms with van der Waals surface area (Å²) >= 11 is 0. The van der Waals surface area contributed by atoms with Gasteiger partial charge in [0.2, 0.25) is 0 Å². The van der Waals surface area contributed by atoms with E-state index >= 15 is 0 Å². The van der Waals surface area contributed by atoms with E-state index in [0.29, 0.717) is 6.54 Å². The minimum absolute atomic E-state index is 0.142. The van der Waals surface area contributed by atoms with Crippen molar-refractivity contribution in [3.63, 3.8) is 0 Å². The van der Waals surface area contributed by atoms with Gasteiger partial charge in [0.25, 0.3) is 0 Å². The van der Waals surface area contributed by atoms with Crippen molar-refractivity contribution < 1.29 is 9.13 Å². The fraction of sp³-hybridized carbons (Fsp3) is 0.600. The van der Waals surface area contributed by atoms with Crippen molar-refractivity contribution in [3.8, 4) is 5.75 Å². The van der Waals surface area contributed by atoms with Crippen molar-refractivity contribution in [2.24, 2.45) is 17.6 Å². The van der Waals surface area contributed by atoms with Gasteiger partial charge in [-0.25, -0.2) is 4.39 Å². The summed E-state index contributed by atoms with van der Waals surface area (Å²) in [6.07, 6.45) is -1.01. The third-order valence-corrected chi connectivity index (χ3v) is 3.59. The highest BCUT2D eigenvalue weighted by Gasteiger charge is 2.26. The minimum Gasteiger partial charge on any atom is -0.496 e. The summed E-state index contributed by atoms with van der Waals surface area (Å²) < 4.78 is 19.9. The fourth-order valence-electron chi connectivity index (χ4n) is 2.29. The lowest BCUT2D eigenvalue weighted by atomic mass is 9.85. The second-order valence-corrected chi connectivity index (χ2v) is 5.22. The summed E-state index contributed by atoms with van der Waals surface area (Å²) in [6.45, 7) is 8.23. The van der Waals surface area contributed by atoms with E-state index < -0.39 is 6.17 Å². The summed E-state index contributed by atoms with van der Waals surface area (Å²) in [5.41, 5.74) is 8.30. The third-order valence-electron chi connectivity index (χ3n) is 3.59. The van der Waals surface area contributed by atoms with E-state index in [0.717, 1.165) is 22.4 Å². The molecule has 0 aromatic heterocycles. The minimum atomic E-state index is -1.01. The average molecular weight is 253 g/mol. The van der Waals surface area contributed by atoms with Crippen molar-refractivity contribution in [2.45, 2.75) is 33.9 Å². The molecule has 1 aromatic rings. The molecule has 0 saturated heterocycles. The van der Waals surface area contributed by atoms with Gasteiger partial charge in [0.15, 0.2) is 0 Å². The zero-order valence-electron chi connectivity index (χ0n) is 12.0. The Kier molecular flexibility index (Phi) is 5.15. The largest absolute Gasteiger partial charge is 0.496 e. The number of alkyl halides is 1. The van der Waals surface area contributed by atoms with Gasteiger partial charge in [-0.05, 0) is 55.1 Å². The Bertz CT molecular complexity index is 404. The molecular formula is C15H24FNO. The van der Waals surface area contributed by atoms with Crippen LogP contribution < -0.4 is 10.5 Å². The van der Waals surface area contributed by atoms with Crippen molar-refractivity contribution in [1.82, 2.24) is 0 Å². The first-order chi connectivity index (χ1) is 8.42. The summed E-state index contributed by atoms with van der Waals surface area (Å²) in [7, 11) is 1.63. The number of nitrogens with two attached hydrogens (primary N) is 1. The predicted molar refractivity (Wildman–Crippen MR) is 73.7 cm³/mol. The number of halogens is 1. The maximum absolute atomic E-state index is 14.6. The zero-order valence-corrected chi connectivity index (χ0v) is 12.0. The highest BCUT2D eigenvalue weighted by Crippen LogP contribution is 2.35. The zero-order chi connectivity index (χ0) is 13.9. The molecule has 102 valence electrons. The maximum Gasteiger partial charge on any atom is 0.130 e. The molecule has 0 aliphatic rings. The molecule has 0 saturated carbocycles. The molecular weight excluding hydrogens is 229 g/mol. The molecule has 0 amide bonds. The van der Waals surface area contributed by atoms with Gasteiger partial charge in [0.05, 0.1) is 7.11 Å². The van der Waals surface area contributed by atoms with Crippen LogP contribution >= 0.6 is 0 Å². The van der Waals surface area contributed by atoms with Crippen molar-refractivity contribution in [3.05, 3.63) is 28.8 Å². The predicted octanol–water partition coefficient (Wildman–Crippen LogP) is 3.55. The molecule has 0 spiro atoms. The van der Waals surface area contributed by atoms with Crippen LogP contribution in [0.1, 0.15) is 36.7 Å². The number of hydrogen-bond acceptors (Lipinski definition) is 2. The highest BCUT2D eigenvalue weighted by molar-refractivity contribution is 5.42. The van der Waals surface area contributed by atoms with Crippen LogP contribution in [0, 0.1) is 25.7 Å². The Balaban J connectivity index is 3.13. The lowest BCUT2D eigenvalue weighted by Crippen LogP contribution is -2.25. The molecule has 1 aromatic carbocycles. The number of ether oxygens (including phenoxy) is 1. The number of rotatable bonds is 5. The second kappa shape index (κ2) is 6.19. The molecule has 2 atom stereocenters. The summed E-state index contributed by atoms with van der Waals surface area (Å²) in [6, 6.07) is 3.77. The monoisotopic (exact) mass is 253 g/mol. The van der Waals surface area contributed by atoms with Crippen LogP contribution in [-0.2, 0) is 0 Å². The van der Waals surface area contributed by atoms with E-state index in [1.54, 1.807) is 7.11 Å². The van der Waals surface area contributed by atoms with Crippen LogP contribution in [0.5, 0.6) is 5.75 Å². The molecule has 18 heavy (non-hydrogen) atoms. The summed E-state index contributed by atoms with van der Waals surface area (Å²) in [5, 5.41) is 0. The quantitative estimate of drug-likeness (QED) is 0.871. The molecule has 0 fully saturated rings. The van der Waals surface area contributed by atoms with Crippen LogP contribution in [0.4, 0.5) is 4.39 Å². The van der Waals surface area contributed by atoms with Gasteiger partial charge >= 0.3 is 0 Å². The first kappa shape index (κ1) is 15.0. The van der Waals surface area contributed by atoms with Gasteiger partial charge in [-0.3, -0.25) is 0 Å². The standard InChI is InChI=1S/C15H24FNO/c1-9(2)13(8-17)15(16)12-6-11(4)14(18-5)7-10(12)3/h6-7,9,13,15H,8,17H2,1-5H3. The van der Waals surface area contributed by atoms with Gasteiger partial charge in [-0.1, -0.05) is 13.8 Å². The first-order valence-electron chi connectivity index (χ1n) is 6.41. The van der Waals surface area contributed by atoms with E-state index in [1.165, 1.54) is 0 Å². The van der Waals surface area contributed by atoms with Crippen molar-refractivity contribution in [2.75, 3.05) is 13.7 Å². The van der Waals surface area contributed by atoms with E-state index in [4.69, 9.17) is 10.5 Å². The van der Waals surface area contributed by atoms with E-state index in [9.17, 15) is 4.39 Å². The molecule has 0 heterocycles. The number of methoxy groups -OCH3 is 1. The van der Waals surface area contributed by atoms with Gasteiger partial charge in [-0.15, -0.1) is 0 Å². The Morgan fingerprint density at radius 1 is 1.22 bits per heavy atom. The number of aryl methyl sites for hydroxylation is 2. The van der Waals surface area contributed by atoms with Crippen LogP contribution in [-0.4, -0.2) is 13.7 Å². The second-order valence-electron chi connectivity index (χ2n) is 5.22. The lowest BCUT2D eigenvalue weighted by molar-refractivity contribution is 0.188. The van der Waals surface area contributed by atoms with Crippen LogP contribution in [0.25, 0.3) is 0 Å².